The second kappa shape index (κ2) is 4.91. The third-order valence-electron chi connectivity index (χ3n) is 3.94. The van der Waals surface area contributed by atoms with E-state index in [0.717, 1.165) is 18.7 Å². The molecule has 2 rings (SSSR count). The van der Waals surface area contributed by atoms with Crippen molar-refractivity contribution in [1.29, 1.82) is 0 Å². The molecule has 0 bridgehead atoms. The number of benzene rings is 1. The lowest BCUT2D eigenvalue weighted by molar-refractivity contribution is -0.143. The molecule has 1 aromatic rings. The lowest BCUT2D eigenvalue weighted by Gasteiger charge is -2.35. The molecule has 0 spiro atoms. The summed E-state index contributed by atoms with van der Waals surface area (Å²) >= 11 is 0. The maximum atomic E-state index is 11.6. The van der Waals surface area contributed by atoms with E-state index in [0.29, 0.717) is 18.4 Å². The number of nitrogens with zero attached hydrogens (tertiary/aromatic N) is 1. The van der Waals surface area contributed by atoms with Crippen molar-refractivity contribution in [3.63, 3.8) is 0 Å². The highest BCUT2D eigenvalue weighted by atomic mass is 16.4. The van der Waals surface area contributed by atoms with E-state index in [9.17, 15) is 14.7 Å². The number of nitrogens with two attached hydrogens (primary N) is 1. The summed E-state index contributed by atoms with van der Waals surface area (Å²) in [5.74, 6) is -1.26. The van der Waals surface area contributed by atoms with Crippen LogP contribution in [0.2, 0.25) is 0 Å². The lowest BCUT2D eigenvalue weighted by Crippen LogP contribution is -2.50. The molecule has 1 aliphatic rings. The van der Waals surface area contributed by atoms with Crippen molar-refractivity contribution < 1.29 is 14.7 Å². The van der Waals surface area contributed by atoms with Crippen molar-refractivity contribution in [2.45, 2.75) is 31.7 Å². The normalized spacial score (nSPS) is 22.5. The molecule has 0 aliphatic carbocycles. The first-order valence-corrected chi connectivity index (χ1v) is 6.42. The van der Waals surface area contributed by atoms with E-state index in [1.807, 2.05) is 11.8 Å². The molecule has 5 nitrogen and oxygen atoms in total. The first-order valence-electron chi connectivity index (χ1n) is 6.42. The van der Waals surface area contributed by atoms with Gasteiger partial charge in [-0.15, -0.1) is 0 Å². The highest BCUT2D eigenvalue weighted by Crippen LogP contribution is 2.36. The Hall–Kier alpha value is -2.04. The van der Waals surface area contributed by atoms with E-state index >= 15 is 0 Å². The van der Waals surface area contributed by atoms with E-state index in [-0.39, 0.29) is 0 Å². The minimum absolute atomic E-state index is 0.431. The summed E-state index contributed by atoms with van der Waals surface area (Å²) < 4.78 is 0. The molecule has 19 heavy (non-hydrogen) atoms. The Morgan fingerprint density at radius 2 is 2.00 bits per heavy atom. The second-order valence-electron chi connectivity index (χ2n) is 4.86. The van der Waals surface area contributed by atoms with Gasteiger partial charge in [-0.05, 0) is 43.5 Å². The molecule has 1 unspecified atom stereocenters. The van der Waals surface area contributed by atoms with Crippen LogP contribution in [0, 0.1) is 0 Å². The smallest absolute Gasteiger partial charge is 0.329 e. The van der Waals surface area contributed by atoms with Gasteiger partial charge in [-0.25, -0.2) is 4.79 Å². The monoisotopic (exact) mass is 262 g/mol. The number of carbonyl (C=O) groups is 2. The van der Waals surface area contributed by atoms with E-state index in [4.69, 9.17) is 5.73 Å². The SMILES string of the molecule is CCC1(C(=O)O)CCCN1c1ccc(C(N)=O)cc1. The molecular weight excluding hydrogens is 244 g/mol. The van der Waals surface area contributed by atoms with Crippen molar-refractivity contribution in [1.82, 2.24) is 0 Å². The summed E-state index contributed by atoms with van der Waals surface area (Å²) in [6.45, 7) is 2.61. The maximum Gasteiger partial charge on any atom is 0.329 e. The van der Waals surface area contributed by atoms with Gasteiger partial charge in [0.25, 0.3) is 0 Å². The van der Waals surface area contributed by atoms with Crippen LogP contribution >= 0.6 is 0 Å². The molecule has 1 atom stereocenters. The van der Waals surface area contributed by atoms with Gasteiger partial charge in [0.05, 0.1) is 0 Å². The quantitative estimate of drug-likeness (QED) is 0.863. The van der Waals surface area contributed by atoms with Gasteiger partial charge < -0.3 is 15.7 Å². The largest absolute Gasteiger partial charge is 0.479 e. The topological polar surface area (TPSA) is 83.6 Å². The molecule has 1 saturated heterocycles. The first-order chi connectivity index (χ1) is 9.01. The Balaban J connectivity index is 2.34. The summed E-state index contributed by atoms with van der Waals surface area (Å²) in [4.78, 5) is 24.6. The maximum absolute atomic E-state index is 11.6. The zero-order valence-electron chi connectivity index (χ0n) is 10.9. The van der Waals surface area contributed by atoms with Crippen LogP contribution in [0.5, 0.6) is 0 Å². The lowest BCUT2D eigenvalue weighted by atomic mass is 9.92. The fourth-order valence-corrected chi connectivity index (χ4v) is 2.80. The van der Waals surface area contributed by atoms with Gasteiger partial charge >= 0.3 is 5.97 Å². The van der Waals surface area contributed by atoms with Crippen LogP contribution in [0.4, 0.5) is 5.69 Å². The van der Waals surface area contributed by atoms with Gasteiger partial charge in [-0.2, -0.15) is 0 Å². The number of anilines is 1. The molecule has 0 aromatic heterocycles. The van der Waals surface area contributed by atoms with Crippen LogP contribution in [0.25, 0.3) is 0 Å². The Labute approximate surface area is 112 Å². The van der Waals surface area contributed by atoms with Crippen LogP contribution in [0.1, 0.15) is 36.5 Å². The fourth-order valence-electron chi connectivity index (χ4n) is 2.80. The molecule has 1 aromatic carbocycles. The third kappa shape index (κ3) is 2.16. The number of carbonyl (C=O) groups excluding carboxylic acids is 1. The average Bonchev–Trinajstić information content (AvgIpc) is 2.83. The Kier molecular flexibility index (Phi) is 3.46. The molecule has 1 fully saturated rings. The number of hydrogen-bond acceptors (Lipinski definition) is 3. The van der Waals surface area contributed by atoms with Gasteiger partial charge in [0.1, 0.15) is 5.54 Å². The Morgan fingerprint density at radius 1 is 1.37 bits per heavy atom. The number of primary amides is 1. The zero-order chi connectivity index (χ0) is 14.0. The highest BCUT2D eigenvalue weighted by molar-refractivity contribution is 5.93. The van der Waals surface area contributed by atoms with Crippen molar-refractivity contribution >= 4 is 17.6 Å². The van der Waals surface area contributed by atoms with Gasteiger partial charge in [-0.3, -0.25) is 4.79 Å². The number of carboxylic acid groups (broad SMARTS) is 1. The predicted octanol–water partition coefficient (Wildman–Crippen LogP) is 1.62. The highest BCUT2D eigenvalue weighted by Gasteiger charge is 2.46. The van der Waals surface area contributed by atoms with Gasteiger partial charge in [0.2, 0.25) is 5.91 Å². The van der Waals surface area contributed by atoms with Crippen LogP contribution in [0.15, 0.2) is 24.3 Å². The van der Waals surface area contributed by atoms with Gasteiger partial charge in [0.15, 0.2) is 0 Å². The van der Waals surface area contributed by atoms with Crippen molar-refractivity contribution in [3.05, 3.63) is 29.8 Å². The molecular formula is C14H18N2O3. The number of carboxylic acids is 1. The van der Waals surface area contributed by atoms with Crippen LogP contribution in [-0.4, -0.2) is 29.1 Å². The number of hydrogen-bond donors (Lipinski definition) is 2. The Morgan fingerprint density at radius 3 is 2.47 bits per heavy atom. The molecule has 1 amide bonds. The molecule has 0 radical (unpaired) electrons. The summed E-state index contributed by atoms with van der Waals surface area (Å²) in [5, 5.41) is 9.52. The van der Waals surface area contributed by atoms with E-state index in [1.165, 1.54) is 0 Å². The van der Waals surface area contributed by atoms with Gasteiger partial charge in [0, 0.05) is 17.8 Å². The second-order valence-corrected chi connectivity index (χ2v) is 4.86. The first kappa shape index (κ1) is 13.4. The van der Waals surface area contributed by atoms with Crippen LogP contribution < -0.4 is 10.6 Å². The number of rotatable bonds is 4. The average molecular weight is 262 g/mol. The van der Waals surface area contributed by atoms with E-state index < -0.39 is 17.4 Å². The van der Waals surface area contributed by atoms with Crippen molar-refractivity contribution in [2.75, 3.05) is 11.4 Å². The minimum Gasteiger partial charge on any atom is -0.479 e. The molecule has 1 heterocycles. The number of aliphatic carboxylic acids is 1. The van der Waals surface area contributed by atoms with E-state index in [2.05, 4.69) is 0 Å². The summed E-state index contributed by atoms with van der Waals surface area (Å²) in [5.41, 5.74) is 5.63. The summed E-state index contributed by atoms with van der Waals surface area (Å²) in [6, 6.07) is 6.80. The molecule has 1 aliphatic heterocycles. The Bertz CT molecular complexity index is 498. The third-order valence-corrected chi connectivity index (χ3v) is 3.94. The molecule has 3 N–H and O–H groups in total. The fraction of sp³-hybridized carbons (Fsp3) is 0.429. The van der Waals surface area contributed by atoms with Crippen LogP contribution in [0.3, 0.4) is 0 Å². The molecule has 102 valence electrons. The predicted molar refractivity (Wildman–Crippen MR) is 72.2 cm³/mol. The number of amides is 1. The summed E-state index contributed by atoms with van der Waals surface area (Å²) in [7, 11) is 0. The summed E-state index contributed by atoms with van der Waals surface area (Å²) in [6.07, 6.45) is 2.06. The van der Waals surface area contributed by atoms with Gasteiger partial charge in [-0.1, -0.05) is 6.92 Å². The van der Waals surface area contributed by atoms with Crippen molar-refractivity contribution in [3.8, 4) is 0 Å². The standard InChI is InChI=1S/C14H18N2O3/c1-2-14(13(18)19)8-3-9-16(14)11-6-4-10(5-7-11)12(15)17/h4-7H,2-3,8-9H2,1H3,(H2,15,17)(H,18,19). The zero-order valence-corrected chi connectivity index (χ0v) is 10.9. The molecule has 5 heteroatoms. The van der Waals surface area contributed by atoms with Crippen LogP contribution in [-0.2, 0) is 4.79 Å². The molecule has 0 saturated carbocycles. The minimum atomic E-state index is -0.825. The van der Waals surface area contributed by atoms with E-state index in [1.54, 1.807) is 24.3 Å². The van der Waals surface area contributed by atoms with Crippen molar-refractivity contribution in [2.24, 2.45) is 5.73 Å².